The van der Waals surface area contributed by atoms with Gasteiger partial charge >= 0.3 is 0 Å². The fourth-order valence-electron chi connectivity index (χ4n) is 12.1. The summed E-state index contributed by atoms with van der Waals surface area (Å²) >= 11 is 0. The van der Waals surface area contributed by atoms with Gasteiger partial charge in [-0.1, -0.05) is 176 Å². The second-order valence-corrected chi connectivity index (χ2v) is 18.7. The number of rotatable bonds is 8. The molecule has 3 nitrogen and oxygen atoms in total. The summed E-state index contributed by atoms with van der Waals surface area (Å²) in [5, 5.41) is 2.47. The van der Waals surface area contributed by atoms with Crippen LogP contribution in [0.5, 0.6) is 0 Å². The third-order valence-corrected chi connectivity index (χ3v) is 15.0. The summed E-state index contributed by atoms with van der Waals surface area (Å²) in [6.45, 7) is 0. The minimum Gasteiger partial charge on any atom is -0.314 e. The first-order valence-corrected chi connectivity index (χ1v) is 24.5. The van der Waals surface area contributed by atoms with Crippen molar-refractivity contribution in [2.75, 3.05) is 9.80 Å². The quantitative estimate of drug-likeness (QED) is 0.151. The van der Waals surface area contributed by atoms with Crippen molar-refractivity contribution in [2.24, 2.45) is 0 Å². The van der Waals surface area contributed by atoms with Gasteiger partial charge in [0.1, 0.15) is 0 Å². The molecule has 0 saturated heterocycles. The topological polar surface area (TPSA) is 11.4 Å². The minimum absolute atomic E-state index is 0.521. The van der Waals surface area contributed by atoms with Gasteiger partial charge in [0, 0.05) is 50.6 Å². The maximum absolute atomic E-state index is 2.50. The molecule has 14 rings (SSSR count). The first-order valence-electron chi connectivity index (χ1n) is 24.5. The van der Waals surface area contributed by atoms with Gasteiger partial charge in [0.05, 0.1) is 16.4 Å². The monoisotopic (exact) mass is 893 g/mol. The molecule has 0 bridgehead atoms. The van der Waals surface area contributed by atoms with Gasteiger partial charge in [0.25, 0.3) is 0 Å². The Kier molecular flexibility index (Phi) is 9.25. The number of anilines is 5. The van der Waals surface area contributed by atoms with Crippen molar-refractivity contribution in [3.8, 4) is 39.1 Å². The number of aromatic nitrogens is 1. The lowest BCUT2D eigenvalue weighted by molar-refractivity contribution is 0.793. The maximum atomic E-state index is 2.50. The molecule has 0 fully saturated rings. The smallest absolute Gasteiger partial charge is 0.0726 e. The van der Waals surface area contributed by atoms with Crippen molar-refractivity contribution < 1.29 is 0 Å². The summed E-state index contributed by atoms with van der Waals surface area (Å²) in [5.41, 5.74) is 22.7. The molecule has 1 atom stereocenters. The number of fused-ring (bicyclic) bond motifs is 13. The molecule has 10 aromatic carbocycles. The molecule has 0 saturated carbocycles. The van der Waals surface area contributed by atoms with E-state index in [1.165, 1.54) is 94.5 Å². The molecular weight excluding hydrogens is 847 g/mol. The zero-order valence-corrected chi connectivity index (χ0v) is 38.6. The maximum Gasteiger partial charge on any atom is 0.0726 e. The fraction of sp³-hybridized carbons (Fsp3) is 0.0448. The van der Waals surface area contributed by atoms with Crippen LogP contribution < -0.4 is 9.80 Å². The molecule has 1 heterocycles. The molecular formula is C67H47N3. The molecule has 0 N–H and O–H groups in total. The number of hydrogen-bond donors (Lipinski definition) is 0. The molecule has 3 heteroatoms. The van der Waals surface area contributed by atoms with E-state index in [0.29, 0.717) is 0 Å². The molecule has 0 amide bonds. The fourth-order valence-corrected chi connectivity index (χ4v) is 12.1. The highest BCUT2D eigenvalue weighted by atomic mass is 15.2. The molecule has 1 spiro atoms. The van der Waals surface area contributed by atoms with E-state index in [4.69, 9.17) is 0 Å². The Balaban J connectivity index is 0.987. The van der Waals surface area contributed by atoms with Crippen LogP contribution in [0.4, 0.5) is 28.4 Å². The molecule has 3 aliphatic carbocycles. The number of benzene rings is 10. The molecule has 1 aromatic heterocycles. The van der Waals surface area contributed by atoms with Crippen LogP contribution in [-0.4, -0.2) is 4.57 Å². The zero-order chi connectivity index (χ0) is 46.2. The molecule has 0 radical (unpaired) electrons. The molecule has 330 valence electrons. The lowest BCUT2D eigenvalue weighted by atomic mass is 9.70. The summed E-state index contributed by atoms with van der Waals surface area (Å²) in [5.74, 6) is 0. The van der Waals surface area contributed by atoms with Crippen molar-refractivity contribution in [3.63, 3.8) is 0 Å². The number of nitrogens with zero attached hydrogens (tertiary/aromatic N) is 3. The van der Waals surface area contributed by atoms with Crippen molar-refractivity contribution >= 4 is 50.2 Å². The first kappa shape index (κ1) is 40.2. The number of hydrogen-bond acceptors (Lipinski definition) is 2. The van der Waals surface area contributed by atoms with Crippen molar-refractivity contribution in [2.45, 2.75) is 18.3 Å². The Labute approximate surface area is 408 Å². The Morgan fingerprint density at radius 2 is 0.900 bits per heavy atom. The van der Waals surface area contributed by atoms with E-state index in [2.05, 4.69) is 275 Å². The highest BCUT2D eigenvalue weighted by molar-refractivity contribution is 6.10. The van der Waals surface area contributed by atoms with Crippen LogP contribution in [0.2, 0.25) is 0 Å². The number of para-hydroxylation sites is 3. The molecule has 0 aliphatic heterocycles. The Hall–Kier alpha value is -8.92. The first-order chi connectivity index (χ1) is 34.7. The highest BCUT2D eigenvalue weighted by Gasteiger charge is 2.52. The van der Waals surface area contributed by atoms with Gasteiger partial charge in [-0.3, -0.25) is 0 Å². The lowest BCUT2D eigenvalue weighted by Crippen LogP contribution is -2.26. The SMILES string of the molecule is C1=CCCC(N(c2ccccc2)c2ccc3c(c2)C2(c4ccccc4-c4cc(N(c5ccc(-c6ccccc6)cc5)c5ccc6c7ccccc7n(-c7ccccc7)c6c5)ccc42)c2ccccc2-3)=C1. The van der Waals surface area contributed by atoms with E-state index in [1.807, 2.05) is 0 Å². The van der Waals surface area contributed by atoms with Gasteiger partial charge in [0.2, 0.25) is 0 Å². The number of allylic oxidation sites excluding steroid dienone is 4. The average Bonchev–Trinajstić information content (AvgIpc) is 4.03. The summed E-state index contributed by atoms with van der Waals surface area (Å²) in [4.78, 5) is 4.92. The predicted octanol–water partition coefficient (Wildman–Crippen LogP) is 17.6. The lowest BCUT2D eigenvalue weighted by Gasteiger charge is -2.33. The second kappa shape index (κ2) is 16.1. The normalized spacial score (nSPS) is 15.1. The van der Waals surface area contributed by atoms with E-state index in [9.17, 15) is 0 Å². The van der Waals surface area contributed by atoms with Crippen LogP contribution in [0.3, 0.4) is 0 Å². The van der Waals surface area contributed by atoms with E-state index in [1.54, 1.807) is 0 Å². The Morgan fingerprint density at radius 3 is 1.66 bits per heavy atom. The van der Waals surface area contributed by atoms with Crippen LogP contribution in [0.15, 0.2) is 267 Å². The summed E-state index contributed by atoms with van der Waals surface area (Å²) in [6, 6.07) is 90.0. The van der Waals surface area contributed by atoms with E-state index >= 15 is 0 Å². The largest absolute Gasteiger partial charge is 0.314 e. The molecule has 11 aromatic rings. The summed E-state index contributed by atoms with van der Waals surface area (Å²) in [7, 11) is 0. The van der Waals surface area contributed by atoms with Gasteiger partial charge < -0.3 is 14.4 Å². The molecule has 3 aliphatic rings. The van der Waals surface area contributed by atoms with Crippen molar-refractivity contribution in [1.82, 2.24) is 4.57 Å². The van der Waals surface area contributed by atoms with Crippen molar-refractivity contribution in [1.29, 1.82) is 0 Å². The third-order valence-electron chi connectivity index (χ3n) is 15.0. The second-order valence-electron chi connectivity index (χ2n) is 18.7. The molecule has 70 heavy (non-hydrogen) atoms. The minimum atomic E-state index is -0.521. The Bertz CT molecular complexity index is 3880. The van der Waals surface area contributed by atoms with Gasteiger partial charge in [-0.2, -0.15) is 0 Å². The van der Waals surface area contributed by atoms with Crippen LogP contribution in [-0.2, 0) is 5.41 Å². The van der Waals surface area contributed by atoms with Gasteiger partial charge in [-0.05, 0) is 153 Å². The van der Waals surface area contributed by atoms with Gasteiger partial charge in [0.15, 0.2) is 0 Å². The van der Waals surface area contributed by atoms with Crippen LogP contribution in [0.25, 0.3) is 60.9 Å². The summed E-state index contributed by atoms with van der Waals surface area (Å²) in [6.07, 6.45) is 8.77. The highest BCUT2D eigenvalue weighted by Crippen LogP contribution is 2.64. The van der Waals surface area contributed by atoms with E-state index in [-0.39, 0.29) is 0 Å². The average molecular weight is 894 g/mol. The summed E-state index contributed by atoms with van der Waals surface area (Å²) < 4.78 is 2.41. The standard InChI is InChI=1S/C67H47N3/c1-5-19-46(20-6-1)47-33-35-51(36-34-47)69(54-38-41-59-58-29-15-18-32-65(58)70(66(59)45-54)50-25-11-4-12-26-50)52-39-42-63-60(43-52)56-28-14-17-31-62(56)67(63)61-30-16-13-27-55(61)57-40-37-53(44-64(57)67)68(48-21-7-2-8-22-48)49-23-9-3-10-24-49/h1-9,11-23,25-45H,10,24H2. The van der Waals surface area contributed by atoms with Crippen LogP contribution in [0.1, 0.15) is 35.1 Å². The van der Waals surface area contributed by atoms with E-state index < -0.39 is 5.41 Å². The predicted molar refractivity (Wildman–Crippen MR) is 292 cm³/mol. The van der Waals surface area contributed by atoms with Crippen LogP contribution in [0, 0.1) is 0 Å². The van der Waals surface area contributed by atoms with Gasteiger partial charge in [-0.25, -0.2) is 0 Å². The zero-order valence-electron chi connectivity index (χ0n) is 38.6. The Morgan fingerprint density at radius 1 is 0.357 bits per heavy atom. The van der Waals surface area contributed by atoms with Gasteiger partial charge in [-0.15, -0.1) is 0 Å². The third kappa shape index (κ3) is 6.08. The molecule has 1 unspecified atom stereocenters. The van der Waals surface area contributed by atoms with Crippen LogP contribution >= 0.6 is 0 Å². The van der Waals surface area contributed by atoms with E-state index in [0.717, 1.165) is 35.6 Å². The van der Waals surface area contributed by atoms with Crippen molar-refractivity contribution in [3.05, 3.63) is 289 Å².